The largest absolute Gasteiger partial charge is 0.490 e. The summed E-state index contributed by atoms with van der Waals surface area (Å²) < 4.78 is 11.6. The van der Waals surface area contributed by atoms with E-state index in [9.17, 15) is 4.79 Å². The number of quaternary nitrogens is 1. The normalized spacial score (nSPS) is 18.5. The summed E-state index contributed by atoms with van der Waals surface area (Å²) in [5, 5.41) is 0. The van der Waals surface area contributed by atoms with Gasteiger partial charge in [-0.3, -0.25) is 4.79 Å². The second-order valence-corrected chi connectivity index (χ2v) is 7.95. The van der Waals surface area contributed by atoms with Gasteiger partial charge in [0.05, 0.1) is 19.8 Å². The lowest BCUT2D eigenvalue weighted by Crippen LogP contribution is -3.12. The molecule has 4 rings (SSSR count). The lowest BCUT2D eigenvalue weighted by molar-refractivity contribution is -0.908. The van der Waals surface area contributed by atoms with Crippen molar-refractivity contribution in [2.75, 3.05) is 57.4 Å². The van der Waals surface area contributed by atoms with Gasteiger partial charge in [0.2, 0.25) is 5.95 Å². The van der Waals surface area contributed by atoms with Crippen molar-refractivity contribution in [2.45, 2.75) is 26.8 Å². The van der Waals surface area contributed by atoms with Crippen LogP contribution < -0.4 is 19.3 Å². The Balaban J connectivity index is 1.34. The van der Waals surface area contributed by atoms with Crippen LogP contribution in [0.15, 0.2) is 30.6 Å². The van der Waals surface area contributed by atoms with Gasteiger partial charge in [0, 0.05) is 50.6 Å². The fourth-order valence-electron chi connectivity index (χ4n) is 4.33. The van der Waals surface area contributed by atoms with Gasteiger partial charge >= 0.3 is 0 Å². The SMILES string of the molecule is CCOc1cc2c(cc1OCC)C[NH+](CC(=O)N1CCN(c3ncccn3)CC1)CC2. The number of nitrogens with one attached hydrogen (secondary N) is 1. The number of benzene rings is 1. The van der Waals surface area contributed by atoms with Crippen LogP contribution in [0.3, 0.4) is 0 Å². The van der Waals surface area contributed by atoms with E-state index in [1.807, 2.05) is 24.8 Å². The molecule has 2 aliphatic heterocycles. The molecule has 1 aromatic carbocycles. The molecule has 0 aliphatic carbocycles. The molecule has 8 heteroatoms. The van der Waals surface area contributed by atoms with Crippen LogP contribution in [0.25, 0.3) is 0 Å². The van der Waals surface area contributed by atoms with Gasteiger partial charge in [-0.25, -0.2) is 9.97 Å². The molecule has 166 valence electrons. The van der Waals surface area contributed by atoms with E-state index in [1.165, 1.54) is 16.0 Å². The monoisotopic (exact) mass is 426 g/mol. The number of nitrogens with zero attached hydrogens (tertiary/aromatic N) is 4. The topological polar surface area (TPSA) is 72.2 Å². The highest BCUT2D eigenvalue weighted by atomic mass is 16.5. The number of amides is 1. The summed E-state index contributed by atoms with van der Waals surface area (Å²) in [6.07, 6.45) is 4.46. The van der Waals surface area contributed by atoms with E-state index >= 15 is 0 Å². The van der Waals surface area contributed by atoms with Crippen LogP contribution in [0, 0.1) is 0 Å². The third-order valence-corrected chi connectivity index (χ3v) is 5.92. The molecule has 1 N–H and O–H groups in total. The summed E-state index contributed by atoms with van der Waals surface area (Å²) >= 11 is 0. The first-order chi connectivity index (χ1) is 15.2. The number of fused-ring (bicyclic) bond motifs is 1. The van der Waals surface area contributed by atoms with E-state index in [-0.39, 0.29) is 5.91 Å². The van der Waals surface area contributed by atoms with E-state index in [0.29, 0.717) is 32.8 Å². The number of hydrogen-bond acceptors (Lipinski definition) is 6. The summed E-state index contributed by atoms with van der Waals surface area (Å²) in [5.41, 5.74) is 2.56. The van der Waals surface area contributed by atoms with Crippen LogP contribution in [-0.2, 0) is 17.8 Å². The maximum absolute atomic E-state index is 12.9. The maximum Gasteiger partial charge on any atom is 0.277 e. The molecule has 0 bridgehead atoms. The highest BCUT2D eigenvalue weighted by Crippen LogP contribution is 2.32. The number of aromatic nitrogens is 2. The zero-order chi connectivity index (χ0) is 21.6. The van der Waals surface area contributed by atoms with E-state index in [0.717, 1.165) is 50.0 Å². The van der Waals surface area contributed by atoms with E-state index in [1.54, 1.807) is 12.4 Å². The molecule has 1 unspecified atom stereocenters. The fourth-order valence-corrected chi connectivity index (χ4v) is 4.33. The minimum Gasteiger partial charge on any atom is -0.490 e. The molecule has 0 saturated carbocycles. The summed E-state index contributed by atoms with van der Waals surface area (Å²) in [4.78, 5) is 27.0. The summed E-state index contributed by atoms with van der Waals surface area (Å²) in [7, 11) is 0. The Labute approximate surface area is 183 Å². The van der Waals surface area contributed by atoms with Gasteiger partial charge < -0.3 is 24.2 Å². The van der Waals surface area contributed by atoms with Crippen LogP contribution in [0.4, 0.5) is 5.95 Å². The highest BCUT2D eigenvalue weighted by Gasteiger charge is 2.28. The minimum absolute atomic E-state index is 0.225. The second kappa shape index (κ2) is 9.96. The molecular formula is C23H32N5O3+. The maximum atomic E-state index is 12.9. The van der Waals surface area contributed by atoms with Gasteiger partial charge in [0.15, 0.2) is 18.0 Å². The lowest BCUT2D eigenvalue weighted by Gasteiger charge is -2.35. The van der Waals surface area contributed by atoms with Gasteiger partial charge in [0.1, 0.15) is 6.54 Å². The summed E-state index contributed by atoms with van der Waals surface area (Å²) in [6, 6.07) is 6.04. The van der Waals surface area contributed by atoms with Crippen molar-refractivity contribution >= 4 is 11.9 Å². The number of carbonyl (C=O) groups excluding carboxylic acids is 1. The van der Waals surface area contributed by atoms with Gasteiger partial charge in [-0.15, -0.1) is 0 Å². The molecule has 8 nitrogen and oxygen atoms in total. The zero-order valence-corrected chi connectivity index (χ0v) is 18.5. The highest BCUT2D eigenvalue weighted by molar-refractivity contribution is 5.77. The third-order valence-electron chi connectivity index (χ3n) is 5.92. The van der Waals surface area contributed by atoms with E-state index in [2.05, 4.69) is 27.0 Å². The molecule has 3 heterocycles. The lowest BCUT2D eigenvalue weighted by atomic mass is 9.98. The number of carbonyl (C=O) groups is 1. The van der Waals surface area contributed by atoms with Crippen molar-refractivity contribution in [2.24, 2.45) is 0 Å². The van der Waals surface area contributed by atoms with Crippen molar-refractivity contribution < 1.29 is 19.2 Å². The van der Waals surface area contributed by atoms with Crippen molar-refractivity contribution in [1.29, 1.82) is 0 Å². The molecule has 1 aromatic heterocycles. The number of anilines is 1. The quantitative estimate of drug-likeness (QED) is 0.698. The second-order valence-electron chi connectivity index (χ2n) is 7.95. The Morgan fingerprint density at radius 3 is 2.29 bits per heavy atom. The van der Waals surface area contributed by atoms with Gasteiger partial charge in [-0.2, -0.15) is 0 Å². The molecule has 1 fully saturated rings. The van der Waals surface area contributed by atoms with E-state index in [4.69, 9.17) is 9.47 Å². The molecule has 1 amide bonds. The number of ether oxygens (including phenoxy) is 2. The Hall–Kier alpha value is -2.87. The van der Waals surface area contributed by atoms with Crippen LogP contribution in [0.1, 0.15) is 25.0 Å². The zero-order valence-electron chi connectivity index (χ0n) is 18.5. The average Bonchev–Trinajstić information content (AvgIpc) is 2.80. The number of rotatable bonds is 7. The molecule has 1 atom stereocenters. The van der Waals surface area contributed by atoms with Crippen LogP contribution >= 0.6 is 0 Å². The van der Waals surface area contributed by atoms with Crippen molar-refractivity contribution in [3.05, 3.63) is 41.7 Å². The molecule has 2 aliphatic rings. The molecule has 31 heavy (non-hydrogen) atoms. The minimum atomic E-state index is 0.225. The van der Waals surface area contributed by atoms with Gasteiger partial charge in [-0.1, -0.05) is 0 Å². The molecule has 0 radical (unpaired) electrons. The van der Waals surface area contributed by atoms with Crippen molar-refractivity contribution in [3.63, 3.8) is 0 Å². The van der Waals surface area contributed by atoms with Gasteiger partial charge in [-0.05, 0) is 37.6 Å². The van der Waals surface area contributed by atoms with E-state index < -0.39 is 0 Å². The number of piperazine rings is 1. The Bertz CT molecular complexity index is 884. The predicted octanol–water partition coefficient (Wildman–Crippen LogP) is 0.564. The molecule has 2 aromatic rings. The van der Waals surface area contributed by atoms with Crippen LogP contribution in [0.2, 0.25) is 0 Å². The van der Waals surface area contributed by atoms with Crippen LogP contribution in [-0.4, -0.2) is 73.3 Å². The summed E-state index contributed by atoms with van der Waals surface area (Å²) in [6.45, 7) is 10.5. The molecular weight excluding hydrogens is 394 g/mol. The Morgan fingerprint density at radius 1 is 1.00 bits per heavy atom. The standard InChI is InChI=1S/C23H31N5O3/c1-3-30-20-14-18-6-9-26(16-19(18)15-21(20)31-4-2)17-22(29)27-10-12-28(13-11-27)23-24-7-5-8-25-23/h5,7-8,14-15H,3-4,6,9-13,16-17H2,1-2H3/p+1. The van der Waals surface area contributed by atoms with Crippen molar-refractivity contribution in [1.82, 2.24) is 14.9 Å². The average molecular weight is 427 g/mol. The summed E-state index contributed by atoms with van der Waals surface area (Å²) in [5.74, 6) is 2.59. The van der Waals surface area contributed by atoms with Crippen molar-refractivity contribution in [3.8, 4) is 11.5 Å². The van der Waals surface area contributed by atoms with Crippen LogP contribution in [0.5, 0.6) is 11.5 Å². The first kappa shape index (κ1) is 21.4. The molecule has 1 saturated heterocycles. The first-order valence-corrected chi connectivity index (χ1v) is 11.2. The predicted molar refractivity (Wildman–Crippen MR) is 118 cm³/mol. The first-order valence-electron chi connectivity index (χ1n) is 11.2. The number of hydrogen-bond donors (Lipinski definition) is 1. The molecule has 0 spiro atoms. The Kier molecular flexibility index (Phi) is 6.86. The Morgan fingerprint density at radius 2 is 1.65 bits per heavy atom. The smallest absolute Gasteiger partial charge is 0.277 e. The third kappa shape index (κ3) is 5.07. The van der Waals surface area contributed by atoms with Gasteiger partial charge in [0.25, 0.3) is 5.91 Å². The fraction of sp³-hybridized carbons (Fsp3) is 0.522.